The van der Waals surface area contributed by atoms with E-state index in [1.807, 2.05) is 0 Å². The third-order valence-electron chi connectivity index (χ3n) is 1.12. The Morgan fingerprint density at radius 1 is 1.57 bits per heavy atom. The van der Waals surface area contributed by atoms with Gasteiger partial charge in [-0.1, -0.05) is 13.5 Å². The maximum Gasteiger partial charge on any atom is 0.269 e. The van der Waals surface area contributed by atoms with Gasteiger partial charge in [0.1, 0.15) is 6.73 Å². The van der Waals surface area contributed by atoms with Crippen LogP contribution in [0.2, 0.25) is 0 Å². The van der Waals surface area contributed by atoms with E-state index in [0.29, 0.717) is 6.42 Å². The summed E-state index contributed by atoms with van der Waals surface area (Å²) in [4.78, 5) is 10.6. The van der Waals surface area contributed by atoms with Gasteiger partial charge < -0.3 is 5.32 Å². The minimum atomic E-state index is -3.48. The number of amides is 1. The third-order valence-corrected chi connectivity index (χ3v) is 2.51. The number of rotatable bonds is 6. The Bertz CT molecular complexity index is 275. The van der Waals surface area contributed by atoms with Gasteiger partial charge in [-0.2, -0.15) is 8.42 Å². The molecule has 0 rings (SSSR count). The van der Waals surface area contributed by atoms with Crippen molar-refractivity contribution in [1.82, 2.24) is 5.32 Å². The van der Waals surface area contributed by atoms with Crippen molar-refractivity contribution in [2.24, 2.45) is 0 Å². The molecule has 77 valence electrons. The van der Waals surface area contributed by atoms with Gasteiger partial charge in [-0.15, -0.1) is 0 Å². The average molecular weight is 246 g/mol. The van der Waals surface area contributed by atoms with Crippen molar-refractivity contribution in [3.05, 3.63) is 12.7 Å². The van der Waals surface area contributed by atoms with E-state index in [1.165, 1.54) is 0 Å². The molecule has 0 aliphatic carbocycles. The number of carbonyl (C=O) groups excluding carboxylic acids is 1. The van der Waals surface area contributed by atoms with E-state index >= 15 is 0 Å². The molecule has 0 spiro atoms. The summed E-state index contributed by atoms with van der Waals surface area (Å²) < 4.78 is 26.2. The van der Waals surface area contributed by atoms with Gasteiger partial charge >= 0.3 is 0 Å². The van der Waals surface area contributed by atoms with Gasteiger partial charge in [-0.05, 0) is 12.5 Å². The van der Waals surface area contributed by atoms with Crippen LogP contribution in [0.15, 0.2) is 12.7 Å². The van der Waals surface area contributed by atoms with Crippen LogP contribution in [0.25, 0.3) is 0 Å². The first-order valence-electron chi connectivity index (χ1n) is 3.79. The topological polar surface area (TPSA) is 72.5 Å². The molecule has 7 heteroatoms. The zero-order valence-electron chi connectivity index (χ0n) is 8.45. The maximum absolute atomic E-state index is 10.9. The van der Waals surface area contributed by atoms with Crippen LogP contribution in [0, 0.1) is 0 Å². The molecule has 0 heterocycles. The van der Waals surface area contributed by atoms with Gasteiger partial charge in [0.2, 0.25) is 5.91 Å². The van der Waals surface area contributed by atoms with Gasteiger partial charge in [-0.25, -0.2) is 4.18 Å². The van der Waals surface area contributed by atoms with E-state index in [9.17, 15) is 13.2 Å². The van der Waals surface area contributed by atoms with Crippen LogP contribution >= 0.6 is 0 Å². The van der Waals surface area contributed by atoms with Crippen LogP contribution in [-0.2, 0) is 19.1 Å². The van der Waals surface area contributed by atoms with Gasteiger partial charge in [0, 0.05) is 51.4 Å². The minimum Gasteiger partial charge on any atom is -0.328 e. The van der Waals surface area contributed by atoms with Crippen molar-refractivity contribution in [3.63, 3.8) is 0 Å². The van der Waals surface area contributed by atoms with E-state index in [2.05, 4.69) is 16.1 Å². The fraction of sp³-hybridized carbons (Fsp3) is 0.571. The standard InChI is InChI=1S/C7H13NO4S.K/c1-3-5-13(10,11)12-6-8-7(9)4-2;/h4H,2-3,5-6H2,1H3,(H,8,9);. The number of hydrogen-bond acceptors (Lipinski definition) is 4. The summed E-state index contributed by atoms with van der Waals surface area (Å²) in [6.45, 7) is 4.58. The first-order chi connectivity index (χ1) is 6.02. The van der Waals surface area contributed by atoms with E-state index in [1.54, 1.807) is 6.92 Å². The largest absolute Gasteiger partial charge is 0.328 e. The van der Waals surface area contributed by atoms with Crippen LogP contribution in [0.1, 0.15) is 13.3 Å². The summed E-state index contributed by atoms with van der Waals surface area (Å²) in [6.07, 6.45) is 1.52. The predicted molar refractivity (Wildman–Crippen MR) is 54.1 cm³/mol. The zero-order valence-corrected chi connectivity index (χ0v) is 12.4. The molecule has 0 aromatic heterocycles. The molecule has 0 saturated heterocycles. The normalized spacial score (nSPS) is 10.1. The molecule has 1 N–H and O–H groups in total. The van der Waals surface area contributed by atoms with Crippen molar-refractivity contribution in [2.75, 3.05) is 12.5 Å². The molecular formula is C7H13KNO4S. The summed E-state index contributed by atoms with van der Waals surface area (Å²) in [5.74, 6) is -0.511. The summed E-state index contributed by atoms with van der Waals surface area (Å²) in [6, 6.07) is 0. The second-order valence-electron chi connectivity index (χ2n) is 2.27. The smallest absolute Gasteiger partial charge is 0.269 e. The zero-order chi connectivity index (χ0) is 10.3. The van der Waals surface area contributed by atoms with E-state index in [4.69, 9.17) is 0 Å². The third kappa shape index (κ3) is 9.32. The summed E-state index contributed by atoms with van der Waals surface area (Å²) in [7, 11) is -3.48. The summed E-state index contributed by atoms with van der Waals surface area (Å²) in [5, 5.41) is 2.19. The fourth-order valence-corrected chi connectivity index (χ4v) is 1.43. The van der Waals surface area contributed by atoms with Crippen molar-refractivity contribution in [3.8, 4) is 0 Å². The van der Waals surface area contributed by atoms with Crippen LogP contribution in [0.4, 0.5) is 0 Å². The molecule has 0 saturated carbocycles. The van der Waals surface area contributed by atoms with Crippen molar-refractivity contribution >= 4 is 67.4 Å². The summed E-state index contributed by atoms with van der Waals surface area (Å²) in [5.41, 5.74) is 0. The molecule has 0 aromatic carbocycles. The molecule has 14 heavy (non-hydrogen) atoms. The van der Waals surface area contributed by atoms with Crippen molar-refractivity contribution in [2.45, 2.75) is 13.3 Å². The maximum atomic E-state index is 10.9. The summed E-state index contributed by atoms with van der Waals surface area (Å²) >= 11 is 0. The molecule has 1 radical (unpaired) electrons. The van der Waals surface area contributed by atoms with Crippen LogP contribution < -0.4 is 5.32 Å². The molecule has 1 amide bonds. The Labute approximate surface area is 127 Å². The molecule has 0 aliphatic heterocycles. The van der Waals surface area contributed by atoms with E-state index in [-0.39, 0.29) is 63.9 Å². The second kappa shape index (κ2) is 9.02. The van der Waals surface area contributed by atoms with Gasteiger partial charge in [0.25, 0.3) is 10.1 Å². The second-order valence-corrected chi connectivity index (χ2v) is 4.03. The molecule has 0 atom stereocenters. The Morgan fingerprint density at radius 3 is 2.57 bits per heavy atom. The van der Waals surface area contributed by atoms with Crippen LogP contribution in [0.3, 0.4) is 0 Å². The molecule has 0 aliphatic rings. The Balaban J connectivity index is 0. The quantitative estimate of drug-likeness (QED) is 0.300. The number of nitrogens with one attached hydrogen (secondary N) is 1. The van der Waals surface area contributed by atoms with Crippen LogP contribution in [0.5, 0.6) is 0 Å². The molecule has 0 unspecified atom stereocenters. The molecule has 0 bridgehead atoms. The molecular weight excluding hydrogens is 233 g/mol. The predicted octanol–water partition coefficient (Wildman–Crippen LogP) is -0.378. The minimum absolute atomic E-state index is 0. The fourth-order valence-electron chi connectivity index (χ4n) is 0.571. The van der Waals surface area contributed by atoms with E-state index < -0.39 is 16.0 Å². The van der Waals surface area contributed by atoms with Crippen LogP contribution in [-0.4, -0.2) is 78.2 Å². The Kier molecular flexibility index (Phi) is 11.1. The monoisotopic (exact) mass is 246 g/mol. The van der Waals surface area contributed by atoms with Crippen molar-refractivity contribution in [1.29, 1.82) is 0 Å². The van der Waals surface area contributed by atoms with Gasteiger partial charge in [0.15, 0.2) is 0 Å². The Hall–Kier alpha value is 0.756. The van der Waals surface area contributed by atoms with Crippen molar-refractivity contribution < 1.29 is 17.4 Å². The molecule has 5 nitrogen and oxygen atoms in total. The van der Waals surface area contributed by atoms with Gasteiger partial charge in [-0.3, -0.25) is 4.79 Å². The Morgan fingerprint density at radius 2 is 2.14 bits per heavy atom. The first-order valence-corrected chi connectivity index (χ1v) is 5.37. The van der Waals surface area contributed by atoms with E-state index in [0.717, 1.165) is 6.08 Å². The number of carbonyl (C=O) groups is 1. The molecule has 0 fully saturated rings. The molecule has 0 aromatic rings. The number of hydrogen-bond donors (Lipinski definition) is 1. The van der Waals surface area contributed by atoms with Gasteiger partial charge in [0.05, 0.1) is 5.75 Å². The SMILES string of the molecule is C=CC(=O)NCOS(=O)(=O)CCC.[K]. The average Bonchev–Trinajstić information content (AvgIpc) is 2.03. The first kappa shape index (κ1) is 17.2.